The smallest absolute Gasteiger partial charge is 0.152 e. The van der Waals surface area contributed by atoms with Gasteiger partial charge in [0.2, 0.25) is 0 Å². The van der Waals surface area contributed by atoms with Crippen LogP contribution in [0.4, 0.5) is 45.5 Å². The van der Waals surface area contributed by atoms with Crippen LogP contribution in [-0.2, 0) is 39.9 Å². The van der Waals surface area contributed by atoms with Crippen molar-refractivity contribution in [3.05, 3.63) is 121 Å². The molecule has 5 N–H and O–H groups in total. The number of fused-ring (bicyclic) bond motifs is 3. The lowest BCUT2D eigenvalue weighted by molar-refractivity contribution is -0.304. The molecule has 0 aliphatic heterocycles. The summed E-state index contributed by atoms with van der Waals surface area (Å²) < 4.78 is 111. The minimum absolute atomic E-state index is 0.00950. The van der Waals surface area contributed by atoms with E-state index >= 15 is 0 Å². The van der Waals surface area contributed by atoms with Crippen LogP contribution in [0.5, 0.6) is 17.2 Å². The number of hydrogen-bond acceptors (Lipinski definition) is 24. The molecule has 0 fully saturated rings. The summed E-state index contributed by atoms with van der Waals surface area (Å²) in [6.45, 7) is -1.15. The van der Waals surface area contributed by atoms with E-state index < -0.39 is 104 Å². The number of carbonyl (C=O) groups excluding carboxylic acids is 2. The van der Waals surface area contributed by atoms with Crippen molar-refractivity contribution in [1.29, 1.82) is 0 Å². The van der Waals surface area contributed by atoms with Crippen molar-refractivity contribution in [3.8, 4) is 28.4 Å². The number of rotatable bonds is 16. The van der Waals surface area contributed by atoms with Crippen molar-refractivity contribution >= 4 is 120 Å². The van der Waals surface area contributed by atoms with Crippen LogP contribution < -0.4 is 20.8 Å². The maximum absolute atomic E-state index is 12.5. The molecule has 0 heterocycles. The molecule has 0 saturated carbocycles. The highest BCUT2D eigenvalue weighted by atomic mass is 32.2. The quantitative estimate of drug-likeness (QED) is 0.0530. The Balaban J connectivity index is 1.02. The van der Waals surface area contributed by atoms with E-state index in [1.54, 1.807) is 24.3 Å². The topological polar surface area (TPSA) is 411 Å². The van der Waals surface area contributed by atoms with Gasteiger partial charge < -0.3 is 59.4 Å². The predicted molar refractivity (Wildman–Crippen MR) is 252 cm³/mol. The summed E-state index contributed by atoms with van der Waals surface area (Å²) in [5.74, 6) is -5.04. The molecule has 372 valence electrons. The Bertz CT molecular complexity index is 4040. The van der Waals surface area contributed by atoms with Crippen LogP contribution in [0.2, 0.25) is 0 Å². The van der Waals surface area contributed by atoms with E-state index in [9.17, 15) is 74.0 Å². The second kappa shape index (κ2) is 19.7. The Kier molecular flexibility index (Phi) is 13.6. The van der Waals surface area contributed by atoms with Gasteiger partial charge in [0, 0.05) is 27.5 Å². The molecule has 0 aliphatic rings. The van der Waals surface area contributed by atoms with Gasteiger partial charge in [0.15, 0.2) is 17.2 Å². The zero-order chi connectivity index (χ0) is 52.6. The number of carboxylic acid groups (broad SMARTS) is 2. The molecule has 0 unspecified atom stereocenters. The maximum Gasteiger partial charge on any atom is 0.152 e. The highest BCUT2D eigenvalue weighted by molar-refractivity contribution is 7.86. The molecular weight excluding hydrogens is 1020 g/mol. The maximum atomic E-state index is 12.5. The number of anilines is 2. The largest absolute Gasteiger partial charge is 0.744 e. The lowest BCUT2D eigenvalue weighted by Gasteiger charge is -2.15. The van der Waals surface area contributed by atoms with Gasteiger partial charge in [0.1, 0.15) is 47.4 Å². The van der Waals surface area contributed by atoms with Gasteiger partial charge >= 0.3 is 0 Å². The monoisotopic (exact) mass is 1050 g/mol. The number of nitrogens with zero attached hydrogens (tertiary/aromatic N) is 6. The fraction of sp³-hybridized carbons (Fsp3) is 0.0435. The second-order valence-corrected chi connectivity index (χ2v) is 19.5. The lowest BCUT2D eigenvalue weighted by atomic mass is 10.1. The number of hydrogen-bond donors (Lipinski definition) is 5. The Morgan fingerprint density at radius 3 is 1.04 bits per heavy atom. The molecule has 0 radical (unpaired) electrons. The van der Waals surface area contributed by atoms with E-state index in [1.165, 1.54) is 72.8 Å². The minimum Gasteiger partial charge on any atom is -0.744 e. The molecule has 0 saturated heterocycles. The van der Waals surface area contributed by atoms with Crippen molar-refractivity contribution in [1.82, 2.24) is 0 Å². The van der Waals surface area contributed by atoms with Crippen molar-refractivity contribution in [3.63, 3.8) is 0 Å². The summed E-state index contributed by atoms with van der Waals surface area (Å²) in [7, 11) is -15.9. The first-order chi connectivity index (χ1) is 34.4. The van der Waals surface area contributed by atoms with E-state index in [0.29, 0.717) is 11.1 Å². The Morgan fingerprint density at radius 2 is 0.712 bits per heavy atom. The molecular formula is C46H29N8O16S3-5. The molecule has 73 heavy (non-hydrogen) atoms. The van der Waals surface area contributed by atoms with Crippen LogP contribution >= 0.6 is 0 Å². The second-order valence-electron chi connectivity index (χ2n) is 15.5. The van der Waals surface area contributed by atoms with Crippen molar-refractivity contribution in [2.75, 3.05) is 23.7 Å². The number of benzene rings is 8. The van der Waals surface area contributed by atoms with Crippen molar-refractivity contribution < 1.29 is 74.0 Å². The molecule has 0 atom stereocenters. The van der Waals surface area contributed by atoms with Crippen molar-refractivity contribution in [2.45, 2.75) is 14.7 Å². The molecule has 0 aromatic heterocycles. The number of nitrogens with one attached hydrogen (secondary N) is 2. The number of aliphatic carboxylic acids is 2. The van der Waals surface area contributed by atoms with Crippen LogP contribution in [0.3, 0.4) is 0 Å². The zero-order valence-corrected chi connectivity index (χ0v) is 39.0. The number of phenolic OH excluding ortho intramolecular Hbond substituents is 3. The Morgan fingerprint density at radius 1 is 0.411 bits per heavy atom. The van der Waals surface area contributed by atoms with Gasteiger partial charge in [-0.2, -0.15) is 15.3 Å². The molecule has 0 spiro atoms. The van der Waals surface area contributed by atoms with Gasteiger partial charge in [-0.05, 0) is 124 Å². The summed E-state index contributed by atoms with van der Waals surface area (Å²) >= 11 is 0. The normalized spacial score (nSPS) is 12.4. The highest BCUT2D eigenvalue weighted by Crippen LogP contribution is 2.46. The van der Waals surface area contributed by atoms with Gasteiger partial charge in [-0.15, -0.1) is 15.3 Å². The average molecular weight is 1050 g/mol. The van der Waals surface area contributed by atoms with Gasteiger partial charge in [0.25, 0.3) is 0 Å². The van der Waals surface area contributed by atoms with E-state index in [-0.39, 0.29) is 60.8 Å². The number of carbonyl (C=O) groups is 2. The predicted octanol–water partition coefficient (Wildman–Crippen LogP) is 6.21. The zero-order valence-electron chi connectivity index (χ0n) is 36.5. The molecule has 8 aromatic carbocycles. The van der Waals surface area contributed by atoms with Crippen LogP contribution in [0.25, 0.3) is 43.4 Å². The number of carboxylic acids is 2. The van der Waals surface area contributed by atoms with Gasteiger partial charge in [-0.3, -0.25) is 0 Å². The average Bonchev–Trinajstić information content (AvgIpc) is 3.33. The summed E-state index contributed by atoms with van der Waals surface area (Å²) in [5, 5.41) is 83.4. The highest BCUT2D eigenvalue weighted by Gasteiger charge is 2.21. The Labute approximate surface area is 411 Å². The molecule has 27 heteroatoms. The molecule has 8 aromatic rings. The van der Waals surface area contributed by atoms with Crippen LogP contribution in [0.15, 0.2) is 167 Å². The number of phenols is 3. The van der Waals surface area contributed by atoms with Crippen molar-refractivity contribution in [2.24, 2.45) is 30.7 Å². The first-order valence-corrected chi connectivity index (χ1v) is 24.8. The number of aromatic hydroxyl groups is 3. The summed E-state index contributed by atoms with van der Waals surface area (Å²) in [6.07, 6.45) is 0. The van der Waals surface area contributed by atoms with Gasteiger partial charge in [0.05, 0.1) is 56.8 Å². The molecule has 0 amide bonds. The molecule has 8 rings (SSSR count). The van der Waals surface area contributed by atoms with Gasteiger partial charge in [-0.1, -0.05) is 24.3 Å². The molecule has 0 aliphatic carbocycles. The standard InChI is InChI=1S/C46H34N8O16S3/c55-39(56)21-47-30-9-12-33-25(15-30)18-36(71(62,63)64)41(44(33)59)52-49-28-5-1-23(2-6-28)24-3-7-29(8-4-24)50-53-42-38(73(68,69)70)20-27-17-32(11-14-35(27)46(42)61)51-54-43-37(72(65,66)67)19-26-16-31(48-22-40(57)58)10-13-34(26)45(43)60/h1-20,47-48,59-61H,21-22H2,(H,55,56)(H,57,58)(H,62,63,64)(H,65,66,67)(H,68,69,70)/p-5. The van der Waals surface area contributed by atoms with Crippen LogP contribution in [0, 0.1) is 0 Å². The summed E-state index contributed by atoms with van der Waals surface area (Å²) in [6, 6.07) is 26.9. The first kappa shape index (κ1) is 50.4. The fourth-order valence-electron chi connectivity index (χ4n) is 7.30. The summed E-state index contributed by atoms with van der Waals surface area (Å²) in [4.78, 5) is 18.8. The van der Waals surface area contributed by atoms with Gasteiger partial charge in [-0.25, -0.2) is 25.3 Å². The Hall–Kier alpha value is -8.99. The molecule has 24 nitrogen and oxygen atoms in total. The third-order valence-electron chi connectivity index (χ3n) is 10.7. The third-order valence-corrected chi connectivity index (χ3v) is 13.2. The van der Waals surface area contributed by atoms with E-state index in [4.69, 9.17) is 0 Å². The third kappa shape index (κ3) is 11.2. The van der Waals surface area contributed by atoms with E-state index in [1.807, 2.05) is 0 Å². The fourth-order valence-corrected chi connectivity index (χ4v) is 9.24. The lowest BCUT2D eigenvalue weighted by Crippen LogP contribution is -2.30. The number of azo groups is 3. The summed E-state index contributed by atoms with van der Waals surface area (Å²) in [5.41, 5.74) is -0.191. The van der Waals surface area contributed by atoms with E-state index in [2.05, 4.69) is 41.3 Å². The van der Waals surface area contributed by atoms with E-state index in [0.717, 1.165) is 24.3 Å². The van der Waals surface area contributed by atoms with Crippen LogP contribution in [0.1, 0.15) is 0 Å². The first-order valence-electron chi connectivity index (χ1n) is 20.5. The SMILES string of the molecule is O=C([O-])CNc1ccc2c(O)c(N=Nc3ccc(-c4ccc(N=Nc5c(S(=O)(=O)[O-])cc6cc(N=Nc7c(S(=O)(=O)[O-])cc8cc(NCC(=O)[O-])ccc8c7O)ccc6c5O)cc4)cc3)c(S(=O)(=O)[O-])cc2c1. The minimum atomic E-state index is -5.35. The van der Waals surface area contributed by atoms with Crippen LogP contribution in [-0.4, -0.2) is 79.3 Å². The molecule has 0 bridgehead atoms.